The van der Waals surface area contributed by atoms with Crippen molar-refractivity contribution in [1.29, 1.82) is 5.26 Å². The fraction of sp³-hybridized carbons (Fsp3) is 0.609. The molecular weight excluding hydrogens is 397 g/mol. The van der Waals surface area contributed by atoms with Crippen LogP contribution in [0.1, 0.15) is 44.7 Å². The molecule has 4 unspecified atom stereocenters. The molecule has 0 radical (unpaired) electrons. The second-order valence-corrected chi connectivity index (χ2v) is 9.16. The number of fused-ring (bicyclic) bond motifs is 2. The van der Waals surface area contributed by atoms with Crippen LogP contribution >= 0.6 is 0 Å². The monoisotopic (exact) mass is 427 g/mol. The van der Waals surface area contributed by atoms with E-state index in [1.165, 1.54) is 12.1 Å². The quantitative estimate of drug-likeness (QED) is 0.745. The highest BCUT2D eigenvalue weighted by atomic mass is 19.1. The average Bonchev–Trinajstić information content (AvgIpc) is 3.42. The van der Waals surface area contributed by atoms with Crippen molar-refractivity contribution in [1.82, 2.24) is 14.7 Å². The second-order valence-electron chi connectivity index (χ2n) is 9.16. The fourth-order valence-corrected chi connectivity index (χ4v) is 5.53. The van der Waals surface area contributed by atoms with Crippen molar-refractivity contribution >= 4 is 11.8 Å². The Bertz CT molecular complexity index is 885. The molecule has 0 aliphatic carbocycles. The van der Waals surface area contributed by atoms with Gasteiger partial charge in [-0.1, -0.05) is 26.0 Å². The lowest BCUT2D eigenvalue weighted by molar-refractivity contribution is -0.141. The van der Waals surface area contributed by atoms with Crippen LogP contribution in [0.25, 0.3) is 0 Å². The van der Waals surface area contributed by atoms with E-state index in [0.717, 1.165) is 18.4 Å². The predicted octanol–water partition coefficient (Wildman–Crippen LogP) is 1.65. The largest absolute Gasteiger partial charge is 0.330 e. The van der Waals surface area contributed by atoms with E-state index < -0.39 is 12.1 Å². The maximum absolute atomic E-state index is 13.3. The number of rotatable bonds is 6. The van der Waals surface area contributed by atoms with E-state index in [1.807, 2.05) is 23.6 Å². The lowest BCUT2D eigenvalue weighted by Crippen LogP contribution is -2.57. The topological polar surface area (TPSA) is 93.7 Å². The normalized spacial score (nSPS) is 30.0. The molecule has 31 heavy (non-hydrogen) atoms. The summed E-state index contributed by atoms with van der Waals surface area (Å²) in [6.45, 7) is 5.60. The minimum Gasteiger partial charge on any atom is -0.330 e. The third kappa shape index (κ3) is 3.92. The van der Waals surface area contributed by atoms with Gasteiger partial charge in [-0.3, -0.25) is 14.5 Å². The zero-order valence-electron chi connectivity index (χ0n) is 18.1. The van der Waals surface area contributed by atoms with Gasteiger partial charge in [-0.05, 0) is 42.9 Å². The van der Waals surface area contributed by atoms with E-state index in [4.69, 9.17) is 5.73 Å². The number of hydrogen-bond donors (Lipinski definition) is 1. The van der Waals surface area contributed by atoms with Gasteiger partial charge < -0.3 is 15.5 Å². The first-order chi connectivity index (χ1) is 14.8. The van der Waals surface area contributed by atoms with Gasteiger partial charge in [-0.2, -0.15) is 5.26 Å². The smallest absolute Gasteiger partial charge is 0.241 e. The van der Waals surface area contributed by atoms with Crippen LogP contribution in [0.5, 0.6) is 0 Å². The Labute approximate surface area is 182 Å². The standard InChI is InChI=1S/C23H30FN5O2/c1-3-20(15-4-6-16(24)7-5-15)29-18-9-21(23(29)31)27(12-18)13-19(26)22(30)28-11-14(2)8-17(28)10-25/h4-7,14,17-21H,3,8-9,11-13,26H2,1-2H3/t14?,17?,18-,19?,20-,21?/m0/s1. The molecule has 6 atom stereocenters. The molecule has 3 saturated heterocycles. The highest BCUT2D eigenvalue weighted by molar-refractivity contribution is 5.87. The van der Waals surface area contributed by atoms with Crippen molar-refractivity contribution in [3.05, 3.63) is 35.6 Å². The Balaban J connectivity index is 1.41. The van der Waals surface area contributed by atoms with E-state index in [1.54, 1.807) is 17.0 Å². The van der Waals surface area contributed by atoms with Gasteiger partial charge in [0.25, 0.3) is 0 Å². The third-order valence-corrected chi connectivity index (χ3v) is 6.98. The van der Waals surface area contributed by atoms with Crippen LogP contribution in [0.2, 0.25) is 0 Å². The molecule has 3 aliphatic heterocycles. The maximum atomic E-state index is 13.3. The lowest BCUT2D eigenvalue weighted by Gasteiger charge is -2.39. The molecule has 2 amide bonds. The Morgan fingerprint density at radius 1 is 1.29 bits per heavy atom. The summed E-state index contributed by atoms with van der Waals surface area (Å²) in [5.74, 6) is -0.155. The Morgan fingerprint density at radius 3 is 2.61 bits per heavy atom. The minimum atomic E-state index is -0.749. The number of likely N-dealkylation sites (tertiary alicyclic amines) is 3. The Kier molecular flexibility index (Phi) is 6.00. The first-order valence-electron chi connectivity index (χ1n) is 11.1. The molecule has 166 valence electrons. The molecule has 1 aromatic carbocycles. The lowest BCUT2D eigenvalue weighted by atomic mass is 10.0. The highest BCUT2D eigenvalue weighted by Gasteiger charge is 2.52. The van der Waals surface area contributed by atoms with E-state index in [2.05, 4.69) is 6.07 Å². The molecule has 8 heteroatoms. The predicted molar refractivity (Wildman–Crippen MR) is 113 cm³/mol. The summed E-state index contributed by atoms with van der Waals surface area (Å²) in [5.41, 5.74) is 7.18. The van der Waals surface area contributed by atoms with Crippen molar-refractivity contribution in [3.8, 4) is 6.07 Å². The van der Waals surface area contributed by atoms with Crippen LogP contribution in [-0.2, 0) is 9.59 Å². The van der Waals surface area contributed by atoms with Gasteiger partial charge in [-0.25, -0.2) is 4.39 Å². The molecule has 3 fully saturated rings. The number of hydrogen-bond acceptors (Lipinski definition) is 5. The second kappa shape index (κ2) is 8.56. The number of halogens is 1. The molecule has 0 spiro atoms. The first-order valence-corrected chi connectivity index (χ1v) is 11.1. The molecule has 1 aromatic rings. The first kappa shape index (κ1) is 21.7. The number of carbonyl (C=O) groups excluding carboxylic acids is 2. The zero-order chi connectivity index (χ0) is 22.3. The van der Waals surface area contributed by atoms with Crippen LogP contribution in [0.15, 0.2) is 24.3 Å². The number of carbonyl (C=O) groups is 2. The Morgan fingerprint density at radius 2 is 2.00 bits per heavy atom. The zero-order valence-corrected chi connectivity index (χ0v) is 18.1. The Hall–Kier alpha value is -2.50. The van der Waals surface area contributed by atoms with Crippen molar-refractivity contribution in [2.45, 2.75) is 63.3 Å². The fourth-order valence-electron chi connectivity index (χ4n) is 5.53. The summed E-state index contributed by atoms with van der Waals surface area (Å²) < 4.78 is 13.3. The third-order valence-electron chi connectivity index (χ3n) is 6.98. The van der Waals surface area contributed by atoms with E-state index in [0.29, 0.717) is 26.1 Å². The van der Waals surface area contributed by atoms with Crippen LogP contribution < -0.4 is 5.73 Å². The van der Waals surface area contributed by atoms with Gasteiger partial charge in [0.2, 0.25) is 11.8 Å². The van der Waals surface area contributed by atoms with Crippen molar-refractivity contribution < 1.29 is 14.0 Å². The van der Waals surface area contributed by atoms with Gasteiger partial charge in [-0.15, -0.1) is 0 Å². The molecule has 0 saturated carbocycles. The molecule has 3 heterocycles. The van der Waals surface area contributed by atoms with Gasteiger partial charge in [0.05, 0.1) is 24.2 Å². The van der Waals surface area contributed by atoms with Gasteiger partial charge in [0, 0.05) is 25.7 Å². The molecule has 3 aliphatic rings. The molecule has 2 N–H and O–H groups in total. The van der Waals surface area contributed by atoms with Crippen LogP contribution in [0.4, 0.5) is 4.39 Å². The molecule has 7 nitrogen and oxygen atoms in total. The van der Waals surface area contributed by atoms with Crippen molar-refractivity contribution in [2.24, 2.45) is 11.7 Å². The summed E-state index contributed by atoms with van der Waals surface area (Å²) in [4.78, 5) is 31.6. The summed E-state index contributed by atoms with van der Waals surface area (Å²) in [5, 5.41) is 9.34. The van der Waals surface area contributed by atoms with Gasteiger partial charge in [0.1, 0.15) is 11.9 Å². The van der Waals surface area contributed by atoms with Crippen molar-refractivity contribution in [3.63, 3.8) is 0 Å². The number of amides is 2. The number of piperazine rings is 1. The number of benzene rings is 1. The molecule has 2 bridgehead atoms. The summed E-state index contributed by atoms with van der Waals surface area (Å²) in [7, 11) is 0. The van der Waals surface area contributed by atoms with Gasteiger partial charge >= 0.3 is 0 Å². The molecule has 0 aromatic heterocycles. The van der Waals surface area contributed by atoms with Crippen LogP contribution in [0, 0.1) is 23.1 Å². The highest BCUT2D eigenvalue weighted by Crippen LogP contribution is 2.39. The van der Waals surface area contributed by atoms with Gasteiger partial charge in [0.15, 0.2) is 0 Å². The van der Waals surface area contributed by atoms with E-state index in [9.17, 15) is 19.2 Å². The molecular formula is C23H30FN5O2. The van der Waals surface area contributed by atoms with Crippen LogP contribution in [0.3, 0.4) is 0 Å². The van der Waals surface area contributed by atoms with Crippen molar-refractivity contribution in [2.75, 3.05) is 19.6 Å². The average molecular weight is 428 g/mol. The molecule has 4 rings (SSSR count). The minimum absolute atomic E-state index is 0.0526. The van der Waals surface area contributed by atoms with E-state index >= 15 is 0 Å². The summed E-state index contributed by atoms with van der Waals surface area (Å²) >= 11 is 0. The number of nitrogens with zero attached hydrogens (tertiary/aromatic N) is 4. The van der Waals surface area contributed by atoms with E-state index in [-0.39, 0.29) is 41.7 Å². The summed E-state index contributed by atoms with van der Waals surface area (Å²) in [6.07, 6.45) is 2.15. The summed E-state index contributed by atoms with van der Waals surface area (Å²) in [6, 6.07) is 7.11. The SMILES string of the molecule is CC[C@@H](c1ccc(F)cc1)N1C(=O)C2C[C@H]1CN2CC(N)C(=O)N1CC(C)CC1C#N. The maximum Gasteiger partial charge on any atom is 0.241 e. The number of nitrogens with two attached hydrogens (primary N) is 1. The van der Waals surface area contributed by atoms with Crippen LogP contribution in [-0.4, -0.2) is 70.3 Å². The number of nitriles is 1.